The molecule has 2 N–H and O–H groups in total. The first-order chi connectivity index (χ1) is 8.56. The number of anilines is 1. The van der Waals surface area contributed by atoms with Crippen LogP contribution < -0.4 is 5.32 Å². The van der Waals surface area contributed by atoms with Gasteiger partial charge in [-0.2, -0.15) is 0 Å². The largest absolute Gasteiger partial charge is 0.396 e. The molecule has 0 spiro atoms. The molecule has 0 aliphatic carbocycles. The lowest BCUT2D eigenvalue weighted by Gasteiger charge is -2.40. The zero-order valence-electron chi connectivity index (χ0n) is 10.2. The molecule has 98 valence electrons. The van der Waals surface area contributed by atoms with E-state index in [1.807, 2.05) is 13.0 Å². The summed E-state index contributed by atoms with van der Waals surface area (Å²) in [7, 11) is 0. The Kier molecular flexibility index (Phi) is 3.49. The van der Waals surface area contributed by atoms with E-state index in [0.717, 1.165) is 5.56 Å². The molecule has 1 fully saturated rings. The van der Waals surface area contributed by atoms with Gasteiger partial charge in [0.15, 0.2) is 0 Å². The van der Waals surface area contributed by atoms with Crippen molar-refractivity contribution in [3.8, 4) is 0 Å². The molecule has 1 aromatic carbocycles. The average molecular weight is 252 g/mol. The van der Waals surface area contributed by atoms with Gasteiger partial charge in [-0.25, -0.2) is 0 Å². The van der Waals surface area contributed by atoms with Crippen LogP contribution in [0.1, 0.15) is 5.56 Å². The minimum absolute atomic E-state index is 0.0136. The highest BCUT2D eigenvalue weighted by Crippen LogP contribution is 2.30. The van der Waals surface area contributed by atoms with Crippen LogP contribution in [0.2, 0.25) is 0 Å². The number of nitro groups is 1. The summed E-state index contributed by atoms with van der Waals surface area (Å²) < 4.78 is 5.08. The van der Waals surface area contributed by atoms with Crippen molar-refractivity contribution in [2.24, 2.45) is 5.41 Å². The Balaban J connectivity index is 2.11. The first kappa shape index (κ1) is 12.8. The second kappa shape index (κ2) is 4.91. The molecule has 0 aromatic heterocycles. The molecule has 1 heterocycles. The predicted octanol–water partition coefficient (Wildman–Crippen LogP) is 1.32. The molecule has 1 saturated heterocycles. The third-order valence-electron chi connectivity index (χ3n) is 3.16. The normalized spacial score (nSPS) is 17.0. The molecule has 1 aliphatic rings. The van der Waals surface area contributed by atoms with Crippen molar-refractivity contribution in [2.45, 2.75) is 6.92 Å². The van der Waals surface area contributed by atoms with E-state index in [1.54, 1.807) is 6.07 Å². The van der Waals surface area contributed by atoms with Gasteiger partial charge in [0.1, 0.15) is 5.69 Å². The smallest absolute Gasteiger partial charge is 0.292 e. The lowest BCUT2D eigenvalue weighted by molar-refractivity contribution is -0.384. The maximum Gasteiger partial charge on any atom is 0.292 e. The average Bonchev–Trinajstić information content (AvgIpc) is 2.29. The van der Waals surface area contributed by atoms with Gasteiger partial charge < -0.3 is 15.2 Å². The fourth-order valence-corrected chi connectivity index (χ4v) is 1.86. The topological polar surface area (TPSA) is 84.6 Å². The summed E-state index contributed by atoms with van der Waals surface area (Å²) in [5.41, 5.74) is 1.07. The molecular weight excluding hydrogens is 236 g/mol. The molecule has 0 radical (unpaired) electrons. The summed E-state index contributed by atoms with van der Waals surface area (Å²) in [5, 5.41) is 23.3. The molecule has 2 rings (SSSR count). The third kappa shape index (κ3) is 2.44. The molecule has 18 heavy (non-hydrogen) atoms. The van der Waals surface area contributed by atoms with Gasteiger partial charge in [-0.05, 0) is 18.6 Å². The second-order valence-electron chi connectivity index (χ2n) is 4.78. The Morgan fingerprint density at radius 3 is 2.78 bits per heavy atom. The number of benzene rings is 1. The number of nitro benzene ring substituents is 1. The first-order valence-electron chi connectivity index (χ1n) is 5.74. The zero-order valence-corrected chi connectivity index (χ0v) is 10.2. The van der Waals surface area contributed by atoms with Crippen LogP contribution >= 0.6 is 0 Å². The van der Waals surface area contributed by atoms with Crippen LogP contribution in [0.4, 0.5) is 11.4 Å². The zero-order chi connectivity index (χ0) is 13.2. The number of nitrogens with one attached hydrogen (secondary N) is 1. The maximum atomic E-state index is 10.9. The van der Waals surface area contributed by atoms with Crippen LogP contribution in [0.15, 0.2) is 18.2 Å². The van der Waals surface area contributed by atoms with Gasteiger partial charge in [-0.15, -0.1) is 0 Å². The van der Waals surface area contributed by atoms with Crippen molar-refractivity contribution in [2.75, 3.05) is 31.7 Å². The van der Waals surface area contributed by atoms with Crippen molar-refractivity contribution >= 4 is 11.4 Å². The van der Waals surface area contributed by atoms with Gasteiger partial charge in [-0.1, -0.05) is 6.07 Å². The van der Waals surface area contributed by atoms with Crippen LogP contribution in [0.3, 0.4) is 0 Å². The standard InChI is InChI=1S/C12H16N2O4/c1-9-2-3-10(11(4-9)14(16)17)13-5-12(6-15)7-18-8-12/h2-4,13,15H,5-8H2,1H3. The van der Waals surface area contributed by atoms with Gasteiger partial charge in [-0.3, -0.25) is 10.1 Å². The minimum Gasteiger partial charge on any atom is -0.396 e. The molecule has 1 aliphatic heterocycles. The van der Waals surface area contributed by atoms with Gasteiger partial charge in [0.2, 0.25) is 0 Å². The van der Waals surface area contributed by atoms with E-state index in [2.05, 4.69) is 5.32 Å². The Hall–Kier alpha value is -1.66. The summed E-state index contributed by atoms with van der Waals surface area (Å²) >= 11 is 0. The molecular formula is C12H16N2O4. The Morgan fingerprint density at radius 2 is 2.28 bits per heavy atom. The van der Waals surface area contributed by atoms with E-state index in [4.69, 9.17) is 4.74 Å². The Labute approximate surface area is 105 Å². The SMILES string of the molecule is Cc1ccc(NCC2(CO)COC2)c([N+](=O)[O-])c1. The minimum atomic E-state index is -0.405. The first-order valence-corrected chi connectivity index (χ1v) is 5.74. The summed E-state index contributed by atoms with van der Waals surface area (Å²) in [6, 6.07) is 5.04. The maximum absolute atomic E-state index is 10.9. The van der Waals surface area contributed by atoms with Crippen molar-refractivity contribution in [3.05, 3.63) is 33.9 Å². The van der Waals surface area contributed by atoms with E-state index in [-0.39, 0.29) is 17.7 Å². The van der Waals surface area contributed by atoms with Crippen molar-refractivity contribution < 1.29 is 14.8 Å². The highest BCUT2D eigenvalue weighted by molar-refractivity contribution is 5.62. The van der Waals surface area contributed by atoms with Crippen LogP contribution in [0.5, 0.6) is 0 Å². The quantitative estimate of drug-likeness (QED) is 0.610. The van der Waals surface area contributed by atoms with Crippen LogP contribution in [0, 0.1) is 22.5 Å². The highest BCUT2D eigenvalue weighted by atomic mass is 16.6. The fourth-order valence-electron chi connectivity index (χ4n) is 1.86. The van der Waals surface area contributed by atoms with Gasteiger partial charge in [0, 0.05) is 12.6 Å². The van der Waals surface area contributed by atoms with Gasteiger partial charge >= 0.3 is 0 Å². The fraction of sp³-hybridized carbons (Fsp3) is 0.500. The molecule has 6 nitrogen and oxygen atoms in total. The number of ether oxygens (including phenoxy) is 1. The van der Waals surface area contributed by atoms with Crippen molar-refractivity contribution in [1.29, 1.82) is 0 Å². The Morgan fingerprint density at radius 1 is 1.56 bits per heavy atom. The monoisotopic (exact) mass is 252 g/mol. The molecule has 0 amide bonds. The summed E-state index contributed by atoms with van der Waals surface area (Å²) in [4.78, 5) is 10.5. The number of rotatable bonds is 5. The van der Waals surface area contributed by atoms with Crippen LogP contribution in [-0.2, 0) is 4.74 Å². The summed E-state index contributed by atoms with van der Waals surface area (Å²) in [6.45, 7) is 3.26. The number of hydrogen-bond acceptors (Lipinski definition) is 5. The van der Waals surface area contributed by atoms with E-state index in [1.165, 1.54) is 6.07 Å². The molecule has 0 unspecified atom stereocenters. The van der Waals surface area contributed by atoms with Crippen molar-refractivity contribution in [1.82, 2.24) is 0 Å². The number of hydrogen-bond donors (Lipinski definition) is 2. The summed E-state index contributed by atoms with van der Waals surface area (Å²) in [5.74, 6) is 0. The third-order valence-corrected chi connectivity index (χ3v) is 3.16. The van der Waals surface area contributed by atoms with E-state index < -0.39 is 4.92 Å². The van der Waals surface area contributed by atoms with Crippen LogP contribution in [-0.4, -0.2) is 36.4 Å². The number of nitrogens with zero attached hydrogens (tertiary/aromatic N) is 1. The Bertz CT molecular complexity index is 452. The summed E-state index contributed by atoms with van der Waals surface area (Å²) in [6.07, 6.45) is 0. The number of aliphatic hydroxyl groups excluding tert-OH is 1. The molecule has 1 aromatic rings. The van der Waals surface area contributed by atoms with E-state index in [9.17, 15) is 15.2 Å². The van der Waals surface area contributed by atoms with Crippen LogP contribution in [0.25, 0.3) is 0 Å². The van der Waals surface area contributed by atoms with Crippen molar-refractivity contribution in [3.63, 3.8) is 0 Å². The predicted molar refractivity (Wildman–Crippen MR) is 66.7 cm³/mol. The lowest BCUT2D eigenvalue weighted by atomic mass is 9.87. The van der Waals surface area contributed by atoms with Gasteiger partial charge in [0.05, 0.1) is 30.2 Å². The van der Waals surface area contributed by atoms with E-state index >= 15 is 0 Å². The second-order valence-corrected chi connectivity index (χ2v) is 4.78. The number of aliphatic hydroxyl groups is 1. The molecule has 0 atom stereocenters. The number of aryl methyl sites for hydroxylation is 1. The molecule has 0 bridgehead atoms. The molecule has 0 saturated carbocycles. The van der Waals surface area contributed by atoms with E-state index in [0.29, 0.717) is 25.4 Å². The highest BCUT2D eigenvalue weighted by Gasteiger charge is 2.38. The van der Waals surface area contributed by atoms with Gasteiger partial charge in [0.25, 0.3) is 5.69 Å². The molecule has 6 heteroatoms. The lowest BCUT2D eigenvalue weighted by Crippen LogP contribution is -2.50.